The van der Waals surface area contributed by atoms with Gasteiger partial charge in [0.1, 0.15) is 0 Å². The Morgan fingerprint density at radius 1 is 0.368 bits per heavy atom. The average Bonchev–Trinajstić information content (AvgIpc) is 3.02. The van der Waals surface area contributed by atoms with Crippen molar-refractivity contribution in [1.82, 2.24) is 0 Å². The van der Waals surface area contributed by atoms with Crippen molar-refractivity contribution in [3.63, 3.8) is 0 Å². The Morgan fingerprint density at radius 3 is 0.842 bits per heavy atom. The molecule has 2 heteroatoms. The molecule has 0 atom stereocenters. The van der Waals surface area contributed by atoms with Crippen molar-refractivity contribution in [3.05, 3.63) is 89.5 Å². The molecule has 0 radical (unpaired) electrons. The summed E-state index contributed by atoms with van der Waals surface area (Å²) in [6, 6.07) is 26.8. The minimum Gasteiger partial charge on any atom is -0.309 e. The van der Waals surface area contributed by atoms with Crippen LogP contribution < -0.4 is 15.9 Å². The van der Waals surface area contributed by atoms with Crippen molar-refractivity contribution in [2.75, 3.05) is 0 Å². The van der Waals surface area contributed by atoms with E-state index in [1.807, 2.05) is 0 Å². The Bertz CT molecular complexity index is 1050. The third-order valence-electron chi connectivity index (χ3n) is 10.00. The lowest BCUT2D eigenvalue weighted by atomic mass is 9.84. The maximum atomic E-state index is 15.3. The molecule has 3 aromatic carbocycles. The Kier molecular flexibility index (Phi) is 8.22. The predicted octanol–water partition coefficient (Wildman–Crippen LogP) is 9.47. The summed E-state index contributed by atoms with van der Waals surface area (Å²) in [6.07, 6.45) is 19.9. The van der Waals surface area contributed by atoms with Gasteiger partial charge in [-0.15, -0.1) is 0 Å². The van der Waals surface area contributed by atoms with Gasteiger partial charge in [0.05, 0.1) is 0 Å². The fourth-order valence-corrected chi connectivity index (χ4v) is 10.2. The molecule has 0 saturated heterocycles. The summed E-state index contributed by atoms with van der Waals surface area (Å²) >= 11 is 0. The fourth-order valence-electron chi connectivity index (χ4n) is 7.62. The molecule has 3 fully saturated rings. The molecule has 38 heavy (non-hydrogen) atoms. The molecule has 0 heterocycles. The van der Waals surface area contributed by atoms with Crippen LogP contribution in [0.15, 0.2) is 72.8 Å². The number of hydrogen-bond acceptors (Lipinski definition) is 1. The summed E-state index contributed by atoms with van der Waals surface area (Å²) in [5, 5.41) is 2.94. The van der Waals surface area contributed by atoms with E-state index in [0.29, 0.717) is 17.8 Å². The van der Waals surface area contributed by atoms with E-state index in [0.717, 1.165) is 15.9 Å². The van der Waals surface area contributed by atoms with Crippen LogP contribution in [0, 0.1) is 0 Å². The summed E-state index contributed by atoms with van der Waals surface area (Å²) in [4.78, 5) is 0. The SMILES string of the molecule is O=P(c1ccc(C2CCCCC2)cc1)(c1ccc(C2CCCCC2)cc1)c1ccc(C2CCCCC2)cc1. The highest BCUT2D eigenvalue weighted by Gasteiger charge is 2.31. The molecule has 1 nitrogen and oxygen atoms in total. The van der Waals surface area contributed by atoms with Gasteiger partial charge in [0.15, 0.2) is 7.14 Å². The van der Waals surface area contributed by atoms with E-state index in [9.17, 15) is 0 Å². The van der Waals surface area contributed by atoms with Crippen LogP contribution in [0.1, 0.15) is 131 Å². The van der Waals surface area contributed by atoms with Crippen LogP contribution >= 0.6 is 7.14 Å². The van der Waals surface area contributed by atoms with Gasteiger partial charge in [-0.3, -0.25) is 0 Å². The third-order valence-corrected chi connectivity index (χ3v) is 13.1. The van der Waals surface area contributed by atoms with E-state index in [1.165, 1.54) is 113 Å². The normalized spacial score (nSPS) is 20.4. The molecule has 200 valence electrons. The van der Waals surface area contributed by atoms with Crippen LogP contribution in [-0.4, -0.2) is 0 Å². The molecule has 0 bridgehead atoms. The molecular formula is C36H45OP. The second kappa shape index (κ2) is 12.0. The van der Waals surface area contributed by atoms with Crippen molar-refractivity contribution in [1.29, 1.82) is 0 Å². The monoisotopic (exact) mass is 524 g/mol. The molecule has 3 saturated carbocycles. The highest BCUT2D eigenvalue weighted by molar-refractivity contribution is 7.85. The zero-order chi connectivity index (χ0) is 25.8. The van der Waals surface area contributed by atoms with Gasteiger partial charge >= 0.3 is 0 Å². The molecule has 3 aliphatic carbocycles. The van der Waals surface area contributed by atoms with E-state index in [4.69, 9.17) is 0 Å². The molecule has 0 unspecified atom stereocenters. The lowest BCUT2D eigenvalue weighted by molar-refractivity contribution is 0.443. The Labute approximate surface area is 230 Å². The molecule has 3 aromatic rings. The second-order valence-corrected chi connectivity index (χ2v) is 15.2. The van der Waals surface area contributed by atoms with Gasteiger partial charge in [-0.1, -0.05) is 131 Å². The summed E-state index contributed by atoms with van der Waals surface area (Å²) in [6.45, 7) is 0. The standard InChI is InChI=1S/C36H45OP/c37-38(34-22-16-31(17-23-34)28-10-4-1-5-11-28,35-24-18-32(19-25-35)29-12-6-2-7-13-29)36-26-20-33(21-27-36)30-14-8-3-9-15-30/h16-30H,1-15H2. The van der Waals surface area contributed by atoms with E-state index in [2.05, 4.69) is 72.8 Å². The average molecular weight is 525 g/mol. The first kappa shape index (κ1) is 26.1. The maximum Gasteiger partial charge on any atom is 0.171 e. The molecule has 0 aliphatic heterocycles. The Morgan fingerprint density at radius 2 is 0.605 bits per heavy atom. The number of hydrogen-bond donors (Lipinski definition) is 0. The zero-order valence-electron chi connectivity index (χ0n) is 23.1. The van der Waals surface area contributed by atoms with E-state index in [1.54, 1.807) is 0 Å². The van der Waals surface area contributed by atoms with E-state index < -0.39 is 7.14 Å². The first-order valence-corrected chi connectivity index (χ1v) is 17.3. The second-order valence-electron chi connectivity index (χ2n) is 12.4. The minimum absolute atomic E-state index is 0.668. The number of benzene rings is 3. The van der Waals surface area contributed by atoms with Crippen molar-refractivity contribution >= 4 is 23.1 Å². The van der Waals surface area contributed by atoms with Gasteiger partial charge in [-0.05, 0) is 73.0 Å². The first-order chi connectivity index (χ1) is 18.7. The Hall–Kier alpha value is -2.11. The maximum absolute atomic E-state index is 15.3. The highest BCUT2D eigenvalue weighted by Crippen LogP contribution is 2.44. The largest absolute Gasteiger partial charge is 0.309 e. The third kappa shape index (κ3) is 5.47. The van der Waals surface area contributed by atoms with Crippen LogP contribution in [0.2, 0.25) is 0 Å². The fraction of sp³-hybridized carbons (Fsp3) is 0.500. The van der Waals surface area contributed by atoms with Crippen molar-refractivity contribution in [3.8, 4) is 0 Å². The van der Waals surface area contributed by atoms with Crippen molar-refractivity contribution in [2.45, 2.75) is 114 Å². The van der Waals surface area contributed by atoms with Crippen LogP contribution in [0.25, 0.3) is 0 Å². The van der Waals surface area contributed by atoms with E-state index in [-0.39, 0.29) is 0 Å². The topological polar surface area (TPSA) is 17.1 Å². The summed E-state index contributed by atoms with van der Waals surface area (Å²) in [5.41, 5.74) is 4.29. The summed E-state index contributed by atoms with van der Waals surface area (Å²) in [5.74, 6) is 2.00. The predicted molar refractivity (Wildman–Crippen MR) is 163 cm³/mol. The van der Waals surface area contributed by atoms with Gasteiger partial charge in [0.25, 0.3) is 0 Å². The van der Waals surface area contributed by atoms with Gasteiger partial charge in [-0.25, -0.2) is 0 Å². The van der Waals surface area contributed by atoms with E-state index >= 15 is 4.57 Å². The van der Waals surface area contributed by atoms with Crippen molar-refractivity contribution < 1.29 is 4.57 Å². The molecule has 0 spiro atoms. The molecule has 6 rings (SSSR count). The lowest BCUT2D eigenvalue weighted by Crippen LogP contribution is -2.25. The summed E-state index contributed by atoms with van der Waals surface area (Å²) in [7, 11) is -2.96. The molecule has 0 amide bonds. The van der Waals surface area contributed by atoms with Gasteiger partial charge in [0.2, 0.25) is 0 Å². The van der Waals surface area contributed by atoms with Crippen LogP contribution in [0.3, 0.4) is 0 Å². The van der Waals surface area contributed by atoms with Gasteiger partial charge in [-0.2, -0.15) is 0 Å². The Balaban J connectivity index is 1.34. The van der Waals surface area contributed by atoms with Gasteiger partial charge in [0, 0.05) is 15.9 Å². The quantitative estimate of drug-likeness (QED) is 0.294. The highest BCUT2D eigenvalue weighted by atomic mass is 31.2. The summed E-state index contributed by atoms with van der Waals surface area (Å²) < 4.78 is 15.3. The van der Waals surface area contributed by atoms with Crippen LogP contribution in [-0.2, 0) is 4.57 Å². The molecule has 3 aliphatic rings. The van der Waals surface area contributed by atoms with Crippen LogP contribution in [0.5, 0.6) is 0 Å². The number of rotatable bonds is 6. The van der Waals surface area contributed by atoms with Crippen molar-refractivity contribution in [2.24, 2.45) is 0 Å². The van der Waals surface area contributed by atoms with Crippen LogP contribution in [0.4, 0.5) is 0 Å². The minimum atomic E-state index is -2.96. The molecular weight excluding hydrogens is 479 g/mol. The zero-order valence-corrected chi connectivity index (χ0v) is 24.0. The van der Waals surface area contributed by atoms with Gasteiger partial charge < -0.3 is 4.57 Å². The first-order valence-electron chi connectivity index (χ1n) is 15.6. The molecule has 0 aromatic heterocycles. The smallest absolute Gasteiger partial charge is 0.171 e. The molecule has 0 N–H and O–H groups in total. The lowest BCUT2D eigenvalue weighted by Gasteiger charge is -2.26.